The molecule has 0 radical (unpaired) electrons. The average molecular weight is 512 g/mol. The first-order valence-corrected chi connectivity index (χ1v) is 11.5. The van der Waals surface area contributed by atoms with Crippen molar-refractivity contribution in [2.45, 2.75) is 6.54 Å². The van der Waals surface area contributed by atoms with Crippen molar-refractivity contribution < 1.29 is 19.2 Å². The van der Waals surface area contributed by atoms with Crippen LogP contribution in [0.5, 0.6) is 11.5 Å². The van der Waals surface area contributed by atoms with Crippen molar-refractivity contribution in [2.24, 2.45) is 0 Å². The van der Waals surface area contributed by atoms with Crippen LogP contribution in [0.4, 0.5) is 17.3 Å². The van der Waals surface area contributed by atoms with Gasteiger partial charge in [0.25, 0.3) is 5.91 Å². The number of carbonyl (C=O) groups is 1. The lowest BCUT2D eigenvalue weighted by atomic mass is 10.1. The third kappa shape index (κ3) is 5.09. The molecule has 5 rings (SSSR count). The minimum absolute atomic E-state index is 0.108. The van der Waals surface area contributed by atoms with Gasteiger partial charge in [-0.15, -0.1) is 0 Å². The van der Waals surface area contributed by atoms with E-state index in [4.69, 9.17) is 21.1 Å². The van der Waals surface area contributed by atoms with E-state index >= 15 is 0 Å². The van der Waals surface area contributed by atoms with Crippen LogP contribution in [0.25, 0.3) is 0 Å². The number of hydrazine groups is 1. The first kappa shape index (κ1) is 23.6. The Kier molecular flexibility index (Phi) is 6.69. The summed E-state index contributed by atoms with van der Waals surface area (Å²) in [7, 11) is 0. The highest BCUT2D eigenvalue weighted by Gasteiger charge is 2.29. The molecule has 2 aliphatic rings. The van der Waals surface area contributed by atoms with Crippen LogP contribution in [0.15, 0.2) is 48.8 Å². The van der Waals surface area contributed by atoms with Gasteiger partial charge in [-0.25, -0.2) is 9.97 Å². The normalized spacial score (nSPS) is 15.0. The van der Waals surface area contributed by atoms with Gasteiger partial charge < -0.3 is 14.4 Å². The highest BCUT2D eigenvalue weighted by Crippen LogP contribution is 2.34. The third-order valence-electron chi connectivity index (χ3n) is 5.88. The zero-order valence-corrected chi connectivity index (χ0v) is 19.8. The molecule has 0 bridgehead atoms. The summed E-state index contributed by atoms with van der Waals surface area (Å²) >= 11 is 5.93. The molecule has 3 aromatic rings. The number of amides is 1. The molecule has 0 unspecified atom stereocenters. The monoisotopic (exact) mass is 511 g/mol. The molecule has 1 aromatic heterocycles. The Balaban J connectivity index is 1.24. The Hall–Kier alpha value is -4.16. The van der Waals surface area contributed by atoms with E-state index < -0.39 is 10.8 Å². The van der Waals surface area contributed by atoms with E-state index in [1.54, 1.807) is 18.2 Å². The zero-order valence-electron chi connectivity index (χ0n) is 19.0. The number of ether oxygens (including phenoxy) is 2. The predicted octanol–water partition coefficient (Wildman–Crippen LogP) is 2.85. The second kappa shape index (κ2) is 10.2. The van der Waals surface area contributed by atoms with Crippen molar-refractivity contribution in [1.82, 2.24) is 20.3 Å². The number of hydrogen-bond donors (Lipinski definition) is 2. The number of fused-ring (bicyclic) bond motifs is 1. The summed E-state index contributed by atoms with van der Waals surface area (Å²) in [4.78, 5) is 36.1. The fourth-order valence-electron chi connectivity index (χ4n) is 4.09. The molecule has 36 heavy (non-hydrogen) atoms. The Bertz CT molecular complexity index is 1300. The van der Waals surface area contributed by atoms with E-state index in [0.29, 0.717) is 36.8 Å². The van der Waals surface area contributed by atoms with Gasteiger partial charge >= 0.3 is 5.69 Å². The smallest absolute Gasteiger partial charge is 0.355 e. The van der Waals surface area contributed by atoms with Gasteiger partial charge in [-0.05, 0) is 35.9 Å². The summed E-state index contributed by atoms with van der Waals surface area (Å²) in [6.07, 6.45) is 1.23. The summed E-state index contributed by atoms with van der Waals surface area (Å²) in [5, 5.41) is 12.3. The van der Waals surface area contributed by atoms with Gasteiger partial charge in [-0.1, -0.05) is 23.7 Å². The largest absolute Gasteiger partial charge is 0.454 e. The van der Waals surface area contributed by atoms with Crippen molar-refractivity contribution in [3.05, 3.63) is 75.1 Å². The number of rotatable bonds is 7. The highest BCUT2D eigenvalue weighted by molar-refractivity contribution is 6.30. The van der Waals surface area contributed by atoms with E-state index in [2.05, 4.69) is 25.7 Å². The molecular formula is C23H22ClN7O5. The Morgan fingerprint density at radius 3 is 2.67 bits per heavy atom. The second-order valence-electron chi connectivity index (χ2n) is 8.19. The van der Waals surface area contributed by atoms with E-state index in [-0.39, 0.29) is 24.1 Å². The molecule has 0 spiro atoms. The molecular weight excluding hydrogens is 490 g/mol. The molecule has 2 aliphatic heterocycles. The Morgan fingerprint density at radius 2 is 1.89 bits per heavy atom. The van der Waals surface area contributed by atoms with Crippen LogP contribution in [-0.2, 0) is 6.54 Å². The summed E-state index contributed by atoms with van der Waals surface area (Å²) in [5.74, 6) is 1.06. The number of nitrogens with one attached hydrogen (secondary N) is 2. The lowest BCUT2D eigenvalue weighted by Gasteiger charge is -2.35. The number of hydrogen-bond acceptors (Lipinski definition) is 10. The van der Waals surface area contributed by atoms with Crippen LogP contribution in [0.2, 0.25) is 5.02 Å². The summed E-state index contributed by atoms with van der Waals surface area (Å²) in [6.45, 7) is 3.40. The number of halogens is 1. The van der Waals surface area contributed by atoms with Crippen molar-refractivity contribution in [2.75, 3.05) is 43.3 Å². The quantitative estimate of drug-likeness (QED) is 0.360. The van der Waals surface area contributed by atoms with E-state index in [0.717, 1.165) is 23.6 Å². The van der Waals surface area contributed by atoms with Crippen molar-refractivity contribution in [1.29, 1.82) is 0 Å². The fourth-order valence-corrected chi connectivity index (χ4v) is 4.28. The van der Waals surface area contributed by atoms with Gasteiger partial charge in [-0.3, -0.25) is 30.7 Å². The van der Waals surface area contributed by atoms with E-state index in [1.165, 1.54) is 12.4 Å². The van der Waals surface area contributed by atoms with Crippen LogP contribution in [0, 0.1) is 10.1 Å². The van der Waals surface area contributed by atoms with Gasteiger partial charge in [0.05, 0.1) is 4.92 Å². The molecule has 12 nitrogen and oxygen atoms in total. The summed E-state index contributed by atoms with van der Waals surface area (Å²) in [5.41, 5.74) is 6.08. The molecule has 2 N–H and O–H groups in total. The predicted molar refractivity (Wildman–Crippen MR) is 131 cm³/mol. The maximum Gasteiger partial charge on any atom is 0.355 e. The van der Waals surface area contributed by atoms with Gasteiger partial charge in [0, 0.05) is 43.3 Å². The van der Waals surface area contributed by atoms with Crippen molar-refractivity contribution >= 4 is 34.8 Å². The maximum absolute atomic E-state index is 12.4. The minimum Gasteiger partial charge on any atom is -0.454 e. The first-order valence-electron chi connectivity index (χ1n) is 11.1. The lowest BCUT2D eigenvalue weighted by molar-refractivity contribution is -0.383. The molecule has 1 fully saturated rings. The number of nitrogens with zero attached hydrogens (tertiary/aromatic N) is 5. The van der Waals surface area contributed by atoms with Crippen LogP contribution in [-0.4, -0.2) is 58.7 Å². The van der Waals surface area contributed by atoms with Gasteiger partial charge in [0.15, 0.2) is 11.5 Å². The van der Waals surface area contributed by atoms with Gasteiger partial charge in [0.2, 0.25) is 18.4 Å². The molecule has 13 heteroatoms. The second-order valence-corrected chi connectivity index (χ2v) is 8.63. The molecule has 2 aromatic carbocycles. The van der Waals surface area contributed by atoms with Crippen LogP contribution < -0.4 is 25.2 Å². The zero-order chi connectivity index (χ0) is 25.1. The lowest BCUT2D eigenvalue weighted by Crippen LogP contribution is -2.46. The Morgan fingerprint density at radius 1 is 1.08 bits per heavy atom. The van der Waals surface area contributed by atoms with Crippen LogP contribution in [0.3, 0.4) is 0 Å². The molecule has 0 atom stereocenters. The first-order chi connectivity index (χ1) is 17.5. The number of nitro groups is 1. The molecule has 1 amide bonds. The number of piperazine rings is 1. The highest BCUT2D eigenvalue weighted by atomic mass is 35.5. The van der Waals surface area contributed by atoms with Gasteiger partial charge in [-0.2, -0.15) is 0 Å². The third-order valence-corrected chi connectivity index (χ3v) is 6.12. The topological polar surface area (TPSA) is 135 Å². The molecule has 1 saturated heterocycles. The standard InChI is InChI=1S/C23H22ClN7O5/c24-17-3-1-2-16(11-17)23(32)28-27-21-20(31(33)34)22(26-13-25-21)30-8-6-29(7-9-30)12-15-4-5-18-19(10-15)36-14-35-18/h1-5,10-11,13H,6-9,12,14H2,(H,28,32)(H,25,26,27). The van der Waals surface area contributed by atoms with Crippen LogP contribution in [0.1, 0.15) is 15.9 Å². The molecule has 186 valence electrons. The summed E-state index contributed by atoms with van der Waals surface area (Å²) in [6, 6.07) is 12.2. The number of anilines is 2. The van der Waals surface area contributed by atoms with E-state index in [9.17, 15) is 14.9 Å². The Labute approximate surface area is 210 Å². The minimum atomic E-state index is -0.553. The molecule has 0 saturated carbocycles. The van der Waals surface area contributed by atoms with Crippen molar-refractivity contribution in [3.63, 3.8) is 0 Å². The number of carbonyl (C=O) groups excluding carboxylic acids is 1. The molecule has 3 heterocycles. The SMILES string of the molecule is O=C(NNc1ncnc(N2CCN(Cc3ccc4c(c3)OCO4)CC2)c1[N+](=O)[O-])c1cccc(Cl)c1. The summed E-state index contributed by atoms with van der Waals surface area (Å²) < 4.78 is 10.8. The molecule has 0 aliphatic carbocycles. The number of benzene rings is 2. The maximum atomic E-state index is 12.4. The number of aromatic nitrogens is 2. The fraction of sp³-hybridized carbons (Fsp3) is 0.261. The van der Waals surface area contributed by atoms with E-state index in [1.807, 2.05) is 23.1 Å². The van der Waals surface area contributed by atoms with Crippen molar-refractivity contribution in [3.8, 4) is 11.5 Å². The average Bonchev–Trinajstić information content (AvgIpc) is 3.35. The van der Waals surface area contributed by atoms with Crippen LogP contribution >= 0.6 is 11.6 Å². The van der Waals surface area contributed by atoms with Gasteiger partial charge in [0.1, 0.15) is 6.33 Å².